The first-order valence-corrected chi connectivity index (χ1v) is 11.0. The van der Waals surface area contributed by atoms with Crippen molar-refractivity contribution in [2.45, 2.75) is 55.7 Å². The van der Waals surface area contributed by atoms with Gasteiger partial charge in [-0.1, -0.05) is 42.1 Å². The molecule has 1 fully saturated rings. The third-order valence-corrected chi connectivity index (χ3v) is 6.26. The molecule has 0 amide bonds. The predicted molar refractivity (Wildman–Crippen MR) is 113 cm³/mol. The van der Waals surface area contributed by atoms with Crippen LogP contribution in [-0.2, 0) is 33.3 Å². The number of hydrogen-bond acceptors (Lipinski definition) is 11. The molecule has 0 spiro atoms. The van der Waals surface area contributed by atoms with Gasteiger partial charge in [0.25, 0.3) is 5.56 Å². The van der Waals surface area contributed by atoms with E-state index in [0.29, 0.717) is 5.56 Å². The molecule has 2 aliphatic heterocycles. The zero-order valence-corrected chi connectivity index (χ0v) is 18.8. The summed E-state index contributed by atoms with van der Waals surface area (Å²) in [4.78, 5) is 51.9. The van der Waals surface area contributed by atoms with Gasteiger partial charge in [-0.15, -0.1) is 0 Å². The van der Waals surface area contributed by atoms with Gasteiger partial charge in [0.05, 0.1) is 0 Å². The molecule has 1 aromatic carbocycles. The van der Waals surface area contributed by atoms with Gasteiger partial charge in [0.2, 0.25) is 0 Å². The van der Waals surface area contributed by atoms with Crippen LogP contribution >= 0.6 is 11.8 Å². The van der Waals surface area contributed by atoms with Gasteiger partial charge in [-0.05, 0) is 0 Å². The number of fused-ring (bicyclic) bond motifs is 3. The van der Waals surface area contributed by atoms with Crippen LogP contribution in [0.15, 0.2) is 40.3 Å². The van der Waals surface area contributed by atoms with Crippen molar-refractivity contribution < 1.29 is 33.3 Å². The number of carbonyl (C=O) groups is 3. The largest absolute Gasteiger partial charge is 0.463 e. The van der Waals surface area contributed by atoms with Crippen LogP contribution in [0.5, 0.6) is 0 Å². The highest BCUT2D eigenvalue weighted by atomic mass is 32.2. The maximum Gasteiger partial charge on any atom is 0.303 e. The van der Waals surface area contributed by atoms with Crippen LogP contribution in [0.4, 0.5) is 0 Å². The molecule has 5 atom stereocenters. The van der Waals surface area contributed by atoms with Gasteiger partial charge < -0.3 is 18.9 Å². The van der Waals surface area contributed by atoms with Crippen molar-refractivity contribution in [3.05, 3.63) is 40.7 Å². The minimum atomic E-state index is -1.05. The van der Waals surface area contributed by atoms with Crippen molar-refractivity contribution in [1.29, 1.82) is 0 Å². The van der Waals surface area contributed by atoms with E-state index in [4.69, 9.17) is 18.9 Å². The van der Waals surface area contributed by atoms with Crippen LogP contribution in [0.25, 0.3) is 11.3 Å². The molecule has 0 N–H and O–H groups in total. The van der Waals surface area contributed by atoms with Gasteiger partial charge in [-0.2, -0.15) is 10.1 Å². The molecule has 2 aliphatic rings. The Labute approximate surface area is 192 Å². The summed E-state index contributed by atoms with van der Waals surface area (Å²) in [6.45, 7) is 3.44. The summed E-state index contributed by atoms with van der Waals surface area (Å²) in [6.07, 6.45) is -3.78. The van der Waals surface area contributed by atoms with Crippen LogP contribution in [0.3, 0.4) is 0 Å². The van der Waals surface area contributed by atoms with Crippen molar-refractivity contribution in [2.24, 2.45) is 0 Å². The Kier molecular flexibility index (Phi) is 6.47. The van der Waals surface area contributed by atoms with Crippen molar-refractivity contribution in [3.8, 4) is 11.3 Å². The minimum Gasteiger partial charge on any atom is -0.463 e. The highest BCUT2D eigenvalue weighted by Crippen LogP contribution is 2.46. The molecule has 0 radical (unpaired) electrons. The zero-order valence-electron chi connectivity index (χ0n) is 18.0. The fourth-order valence-electron chi connectivity index (χ4n) is 3.74. The van der Waals surface area contributed by atoms with E-state index in [0.717, 1.165) is 11.8 Å². The van der Waals surface area contributed by atoms with E-state index in [1.165, 1.54) is 25.5 Å². The molecule has 11 nitrogen and oxygen atoms in total. The lowest BCUT2D eigenvalue weighted by Gasteiger charge is -2.42. The highest BCUT2D eigenvalue weighted by molar-refractivity contribution is 8.00. The zero-order chi connectivity index (χ0) is 23.7. The monoisotopic (exact) mass is 475 g/mol. The molecule has 0 saturated carbocycles. The summed E-state index contributed by atoms with van der Waals surface area (Å²) < 4.78 is 23.6. The van der Waals surface area contributed by atoms with Gasteiger partial charge in [-0.25, -0.2) is 4.68 Å². The molecular weight excluding hydrogens is 454 g/mol. The Balaban J connectivity index is 1.75. The number of thioether (sulfide) groups is 1. The van der Waals surface area contributed by atoms with E-state index in [9.17, 15) is 19.2 Å². The molecule has 4 rings (SSSR count). The molecule has 33 heavy (non-hydrogen) atoms. The Morgan fingerprint density at radius 2 is 1.70 bits per heavy atom. The van der Waals surface area contributed by atoms with Crippen LogP contribution in [0.1, 0.15) is 27.0 Å². The lowest BCUT2D eigenvalue weighted by Crippen LogP contribution is -2.57. The van der Waals surface area contributed by atoms with E-state index < -0.39 is 53.3 Å². The number of nitrogens with zero attached hydrogens (tertiary/aromatic N) is 3. The van der Waals surface area contributed by atoms with Gasteiger partial charge in [0, 0.05) is 26.3 Å². The lowest BCUT2D eigenvalue weighted by molar-refractivity contribution is -0.225. The molecule has 0 unspecified atom stereocenters. The standard InChI is InChI=1S/C21H21N3O8S/c1-10(25)29-9-14-16(30-11(2)26)17(31-12(3)27)18-20(32-14)24-21(33-18)22-19(28)15(23-24)13-7-5-4-6-8-13/h4-8,14,16-18,20H,9H2,1-3H3/t14-,16-,17+,18+,20-/m1/s1. The fraction of sp³-hybridized carbons (Fsp3) is 0.429. The lowest BCUT2D eigenvalue weighted by atomic mass is 9.99. The van der Waals surface area contributed by atoms with Gasteiger partial charge >= 0.3 is 17.9 Å². The number of ether oxygens (including phenoxy) is 4. The molecule has 3 heterocycles. The molecule has 1 saturated heterocycles. The average molecular weight is 475 g/mol. The first-order chi connectivity index (χ1) is 15.7. The second-order valence-corrected chi connectivity index (χ2v) is 8.60. The summed E-state index contributed by atoms with van der Waals surface area (Å²) in [5, 5.41) is 4.13. The van der Waals surface area contributed by atoms with Crippen LogP contribution in [0, 0.1) is 0 Å². The van der Waals surface area contributed by atoms with Crippen LogP contribution < -0.4 is 5.56 Å². The van der Waals surface area contributed by atoms with Gasteiger partial charge in [0.1, 0.15) is 18.0 Å². The normalized spacial score (nSPS) is 25.5. The van der Waals surface area contributed by atoms with Gasteiger partial charge in [0.15, 0.2) is 29.3 Å². The first kappa shape index (κ1) is 22.9. The number of hydrogen-bond donors (Lipinski definition) is 0. The number of aromatic nitrogens is 3. The van der Waals surface area contributed by atoms with Crippen LogP contribution in [0.2, 0.25) is 0 Å². The van der Waals surface area contributed by atoms with E-state index in [1.807, 2.05) is 6.07 Å². The molecular formula is C21H21N3O8S. The van der Waals surface area contributed by atoms with Crippen LogP contribution in [-0.4, -0.2) is 62.8 Å². The maximum atomic E-state index is 12.6. The molecule has 2 aromatic rings. The van der Waals surface area contributed by atoms with E-state index >= 15 is 0 Å². The Hall–Kier alpha value is -3.25. The summed E-state index contributed by atoms with van der Waals surface area (Å²) in [6, 6.07) is 8.84. The third kappa shape index (κ3) is 4.76. The van der Waals surface area contributed by atoms with E-state index in [1.54, 1.807) is 24.3 Å². The molecule has 0 bridgehead atoms. The van der Waals surface area contributed by atoms with E-state index in [-0.39, 0.29) is 17.5 Å². The second kappa shape index (κ2) is 9.32. The number of carbonyl (C=O) groups excluding carboxylic acids is 3. The van der Waals surface area contributed by atoms with Gasteiger partial charge in [-0.3, -0.25) is 19.2 Å². The summed E-state index contributed by atoms with van der Waals surface area (Å²) in [5.74, 6) is -1.77. The molecule has 12 heteroatoms. The topological polar surface area (TPSA) is 136 Å². The quantitative estimate of drug-likeness (QED) is 0.454. The molecule has 174 valence electrons. The number of esters is 3. The first-order valence-electron chi connectivity index (χ1n) is 10.1. The predicted octanol–water partition coefficient (Wildman–Crippen LogP) is 1.10. The van der Waals surface area contributed by atoms with Crippen molar-refractivity contribution in [3.63, 3.8) is 0 Å². The third-order valence-electron chi connectivity index (χ3n) is 5.00. The van der Waals surface area contributed by atoms with E-state index in [2.05, 4.69) is 10.1 Å². The Morgan fingerprint density at radius 1 is 1.03 bits per heavy atom. The second-order valence-electron chi connectivity index (χ2n) is 7.46. The number of rotatable bonds is 5. The smallest absolute Gasteiger partial charge is 0.303 e. The van der Waals surface area contributed by atoms with Crippen molar-refractivity contribution in [2.75, 3.05) is 6.61 Å². The summed E-state index contributed by atoms with van der Waals surface area (Å²) >= 11 is 1.13. The fourth-order valence-corrected chi connectivity index (χ4v) is 5.01. The maximum absolute atomic E-state index is 12.6. The average Bonchev–Trinajstić information content (AvgIpc) is 3.10. The summed E-state index contributed by atoms with van der Waals surface area (Å²) in [5.41, 5.74) is 0.197. The van der Waals surface area contributed by atoms with Crippen molar-refractivity contribution >= 4 is 29.7 Å². The highest BCUT2D eigenvalue weighted by Gasteiger charge is 2.55. The molecule has 1 aromatic heterocycles. The Morgan fingerprint density at radius 3 is 2.33 bits per heavy atom. The molecule has 0 aliphatic carbocycles. The minimum absolute atomic E-state index is 0.131. The number of benzene rings is 1. The van der Waals surface area contributed by atoms with Crippen molar-refractivity contribution in [1.82, 2.24) is 14.8 Å². The summed E-state index contributed by atoms with van der Waals surface area (Å²) in [7, 11) is 0. The Bertz CT molecular complexity index is 1140. The SMILES string of the molecule is CC(=O)OC[C@H]1O[C@@H]2[C@@H](Sc3nc(=O)c(-c4ccccc4)nn32)[C@@H](OC(C)=O)[C@@H]1OC(C)=O.